The smallest absolute Gasteiger partial charge is 0.407 e. The van der Waals surface area contributed by atoms with Crippen molar-refractivity contribution in [3.8, 4) is 23.0 Å². The molecule has 0 saturated carbocycles. The highest BCUT2D eigenvalue weighted by atomic mass is 32.1. The highest BCUT2D eigenvalue weighted by Crippen LogP contribution is 2.44. The van der Waals surface area contributed by atoms with Gasteiger partial charge in [-0.3, -0.25) is 4.79 Å². The first kappa shape index (κ1) is 23.0. The first-order chi connectivity index (χ1) is 16.5. The lowest BCUT2D eigenvalue weighted by Gasteiger charge is -2.14. The number of nitrogens with zero attached hydrogens (tertiary/aromatic N) is 1. The van der Waals surface area contributed by atoms with Gasteiger partial charge in [0.2, 0.25) is 5.91 Å². The molecule has 0 fully saturated rings. The van der Waals surface area contributed by atoms with Crippen LogP contribution in [0.5, 0.6) is 0 Å². The molecule has 1 aliphatic rings. The number of carboxylic acid groups (broad SMARTS) is 1. The van der Waals surface area contributed by atoms with Crippen LogP contribution in [0.2, 0.25) is 0 Å². The van der Waals surface area contributed by atoms with Crippen LogP contribution in [-0.4, -0.2) is 41.2 Å². The molecule has 0 atom stereocenters. The molecular formula is C25H21N3O5S. The van der Waals surface area contributed by atoms with E-state index in [1.54, 1.807) is 5.38 Å². The monoisotopic (exact) mass is 475 g/mol. The third-order valence-electron chi connectivity index (χ3n) is 5.24. The number of hydrogen-bond acceptors (Lipinski definition) is 6. The van der Waals surface area contributed by atoms with Gasteiger partial charge in [-0.15, -0.1) is 11.3 Å². The molecule has 0 bridgehead atoms. The number of nitrogens with one attached hydrogen (secondary N) is 2. The summed E-state index contributed by atoms with van der Waals surface area (Å²) < 4.78 is 5.51. The fourth-order valence-electron chi connectivity index (χ4n) is 3.80. The zero-order chi connectivity index (χ0) is 23.9. The van der Waals surface area contributed by atoms with Gasteiger partial charge in [-0.2, -0.15) is 0 Å². The van der Waals surface area contributed by atoms with Crippen LogP contribution in [0.4, 0.5) is 4.79 Å². The summed E-state index contributed by atoms with van der Waals surface area (Å²) >= 11 is 1.32. The van der Waals surface area contributed by atoms with Crippen molar-refractivity contribution in [3.05, 3.63) is 75.7 Å². The number of carbonyl (C=O) groups excluding carboxylic acids is 2. The van der Waals surface area contributed by atoms with E-state index in [0.717, 1.165) is 11.1 Å². The SMILES string of the molecule is O=C(O)C#CCNC(=O)Cc1csc(CNC(=O)OCC2c3ccccc3-c3ccccc32)n1. The van der Waals surface area contributed by atoms with Gasteiger partial charge in [0.05, 0.1) is 25.2 Å². The van der Waals surface area contributed by atoms with Crippen LogP contribution in [0.15, 0.2) is 53.9 Å². The Balaban J connectivity index is 1.25. The minimum atomic E-state index is -1.25. The van der Waals surface area contributed by atoms with Crippen molar-refractivity contribution in [2.75, 3.05) is 13.2 Å². The van der Waals surface area contributed by atoms with Crippen LogP contribution in [0.25, 0.3) is 11.1 Å². The Hall–Kier alpha value is -4.16. The van der Waals surface area contributed by atoms with Gasteiger partial charge in [-0.1, -0.05) is 54.5 Å². The van der Waals surface area contributed by atoms with Crippen LogP contribution < -0.4 is 10.6 Å². The quantitative estimate of drug-likeness (QED) is 0.453. The molecule has 8 nitrogen and oxygen atoms in total. The topological polar surface area (TPSA) is 118 Å². The number of amides is 2. The van der Waals surface area contributed by atoms with Gasteiger partial charge in [0.25, 0.3) is 0 Å². The maximum Gasteiger partial charge on any atom is 0.407 e. The second-order valence-corrected chi connectivity index (χ2v) is 8.41. The summed E-state index contributed by atoms with van der Waals surface area (Å²) in [6.07, 6.45) is -0.496. The Bertz CT molecular complexity index is 1250. The summed E-state index contributed by atoms with van der Waals surface area (Å²) in [4.78, 5) is 38.8. The number of fused-ring (bicyclic) bond motifs is 3. The summed E-state index contributed by atoms with van der Waals surface area (Å²) in [5, 5.41) is 16.0. The highest BCUT2D eigenvalue weighted by molar-refractivity contribution is 7.09. The third-order valence-corrected chi connectivity index (χ3v) is 6.14. The van der Waals surface area contributed by atoms with E-state index in [9.17, 15) is 14.4 Å². The van der Waals surface area contributed by atoms with Crippen LogP contribution in [0.3, 0.4) is 0 Å². The summed E-state index contributed by atoms with van der Waals surface area (Å²) in [6.45, 7) is 0.367. The molecule has 0 unspecified atom stereocenters. The Morgan fingerprint density at radius 1 is 1.03 bits per heavy atom. The molecule has 4 rings (SSSR count). The van der Waals surface area contributed by atoms with E-state index >= 15 is 0 Å². The van der Waals surface area contributed by atoms with Gasteiger partial charge in [-0.05, 0) is 22.3 Å². The standard InChI is InChI=1S/C25H21N3O5S/c29-22(26-11-5-10-24(30)31)12-16-15-34-23(28-16)13-27-25(32)33-14-21-19-8-3-1-6-17(19)18-7-2-4-9-20(18)21/h1-4,6-9,15,21H,11-14H2,(H,26,29)(H,27,32)(H,30,31). The number of alkyl carbamates (subject to hydrolysis) is 1. The second-order valence-electron chi connectivity index (χ2n) is 7.47. The second kappa shape index (κ2) is 10.6. The van der Waals surface area contributed by atoms with Gasteiger partial charge in [0.15, 0.2) is 0 Å². The molecule has 2 aromatic carbocycles. The summed E-state index contributed by atoms with van der Waals surface area (Å²) in [7, 11) is 0. The number of carbonyl (C=O) groups is 3. The fourth-order valence-corrected chi connectivity index (χ4v) is 4.53. The molecular weight excluding hydrogens is 454 g/mol. The van der Waals surface area contributed by atoms with E-state index in [2.05, 4.69) is 45.8 Å². The van der Waals surface area contributed by atoms with Crippen molar-refractivity contribution in [1.82, 2.24) is 15.6 Å². The van der Waals surface area contributed by atoms with Crippen LogP contribution >= 0.6 is 11.3 Å². The molecule has 3 aromatic rings. The molecule has 1 aromatic heterocycles. The van der Waals surface area contributed by atoms with E-state index in [1.807, 2.05) is 30.2 Å². The molecule has 0 saturated heterocycles. The van der Waals surface area contributed by atoms with Gasteiger partial charge in [-0.25, -0.2) is 14.6 Å². The molecule has 9 heteroatoms. The van der Waals surface area contributed by atoms with Gasteiger partial charge < -0.3 is 20.5 Å². The molecule has 1 heterocycles. The maximum absolute atomic E-state index is 12.3. The van der Waals surface area contributed by atoms with Crippen molar-refractivity contribution in [2.24, 2.45) is 0 Å². The van der Waals surface area contributed by atoms with Gasteiger partial charge in [0.1, 0.15) is 11.6 Å². The lowest BCUT2D eigenvalue weighted by molar-refractivity contribution is -0.130. The summed E-state index contributed by atoms with van der Waals surface area (Å²) in [6, 6.07) is 16.3. The van der Waals surface area contributed by atoms with E-state index in [-0.39, 0.29) is 37.9 Å². The molecule has 34 heavy (non-hydrogen) atoms. The first-order valence-electron chi connectivity index (χ1n) is 10.5. The van der Waals surface area contributed by atoms with Gasteiger partial charge >= 0.3 is 12.1 Å². The molecule has 0 spiro atoms. The number of carboxylic acids is 1. The van der Waals surface area contributed by atoms with Crippen LogP contribution in [-0.2, 0) is 27.3 Å². The van der Waals surface area contributed by atoms with Crippen molar-refractivity contribution < 1.29 is 24.2 Å². The van der Waals surface area contributed by atoms with Crippen molar-refractivity contribution in [1.29, 1.82) is 0 Å². The summed E-state index contributed by atoms with van der Waals surface area (Å²) in [5.41, 5.74) is 5.18. The van der Waals surface area contributed by atoms with E-state index in [4.69, 9.17) is 9.84 Å². The maximum atomic E-state index is 12.3. The van der Waals surface area contributed by atoms with Crippen molar-refractivity contribution >= 4 is 29.3 Å². The summed E-state index contributed by atoms with van der Waals surface area (Å²) in [5.74, 6) is 2.67. The molecule has 0 radical (unpaired) electrons. The number of ether oxygens (including phenoxy) is 1. The number of hydrogen-bond donors (Lipinski definition) is 3. The van der Waals surface area contributed by atoms with Crippen LogP contribution in [0, 0.1) is 11.8 Å². The normalized spacial score (nSPS) is 11.5. The number of aromatic nitrogens is 1. The minimum absolute atomic E-state index is 0.0108. The zero-order valence-corrected chi connectivity index (χ0v) is 18.9. The number of thiazole rings is 1. The Morgan fingerprint density at radius 2 is 1.71 bits per heavy atom. The number of benzene rings is 2. The molecule has 3 N–H and O–H groups in total. The molecule has 0 aliphatic heterocycles. The van der Waals surface area contributed by atoms with Gasteiger partial charge in [0, 0.05) is 17.2 Å². The molecule has 2 amide bonds. The third kappa shape index (κ3) is 5.60. The largest absolute Gasteiger partial charge is 0.472 e. The zero-order valence-electron chi connectivity index (χ0n) is 18.0. The van der Waals surface area contributed by atoms with E-state index < -0.39 is 12.1 Å². The lowest BCUT2D eigenvalue weighted by atomic mass is 9.98. The Morgan fingerprint density at radius 3 is 2.38 bits per heavy atom. The van der Waals surface area contributed by atoms with Crippen molar-refractivity contribution in [3.63, 3.8) is 0 Å². The molecule has 1 aliphatic carbocycles. The first-order valence-corrected chi connectivity index (χ1v) is 11.4. The average Bonchev–Trinajstić information content (AvgIpc) is 3.41. The number of rotatable bonds is 7. The van der Waals surface area contributed by atoms with Crippen molar-refractivity contribution in [2.45, 2.75) is 18.9 Å². The average molecular weight is 476 g/mol. The predicted molar refractivity (Wildman–Crippen MR) is 126 cm³/mol. The predicted octanol–water partition coefficient (Wildman–Crippen LogP) is 2.93. The number of aliphatic carboxylic acids is 1. The van der Waals surface area contributed by atoms with E-state index in [1.165, 1.54) is 22.5 Å². The van der Waals surface area contributed by atoms with E-state index in [0.29, 0.717) is 10.7 Å². The van der Waals surface area contributed by atoms with Crippen LogP contribution in [0.1, 0.15) is 27.7 Å². The highest BCUT2D eigenvalue weighted by Gasteiger charge is 2.28. The Kier molecular flexibility index (Phi) is 7.20. The Labute approximate surface area is 200 Å². The molecule has 172 valence electrons. The minimum Gasteiger partial charge on any atom is -0.472 e. The lowest BCUT2D eigenvalue weighted by Crippen LogP contribution is -2.26. The fraction of sp³-hybridized carbons (Fsp3) is 0.200.